The van der Waals surface area contributed by atoms with Gasteiger partial charge in [-0.05, 0) is 59.3 Å². The third-order valence-corrected chi connectivity index (χ3v) is 4.33. The fraction of sp³-hybridized carbons (Fsp3) is 0.571. The lowest BCUT2D eigenvalue weighted by Gasteiger charge is -2.35. The Bertz CT molecular complexity index is 414. The molecule has 0 bridgehead atoms. The Morgan fingerprint density at radius 1 is 1.44 bits per heavy atom. The molecule has 3 N–H and O–H groups in total. The first-order valence-corrected chi connectivity index (χ1v) is 7.12. The van der Waals surface area contributed by atoms with Crippen molar-refractivity contribution < 1.29 is 9.84 Å². The molecule has 0 aliphatic heterocycles. The van der Waals surface area contributed by atoms with Crippen molar-refractivity contribution in [3.63, 3.8) is 0 Å². The fourth-order valence-corrected chi connectivity index (χ4v) is 3.14. The van der Waals surface area contributed by atoms with E-state index >= 15 is 0 Å². The van der Waals surface area contributed by atoms with Crippen molar-refractivity contribution in [2.24, 2.45) is 5.73 Å². The van der Waals surface area contributed by atoms with Gasteiger partial charge in [-0.1, -0.05) is 6.07 Å². The van der Waals surface area contributed by atoms with Crippen molar-refractivity contribution in [3.8, 4) is 5.75 Å². The molecule has 0 amide bonds. The molecular formula is C14H20BrNO2. The lowest BCUT2D eigenvalue weighted by molar-refractivity contribution is 0.000196. The number of benzene rings is 1. The number of aliphatic hydroxyl groups is 1. The van der Waals surface area contributed by atoms with Crippen LogP contribution in [-0.4, -0.2) is 23.9 Å². The van der Waals surface area contributed by atoms with Crippen LogP contribution in [0.1, 0.15) is 31.2 Å². The van der Waals surface area contributed by atoms with Gasteiger partial charge in [0.2, 0.25) is 0 Å². The Labute approximate surface area is 116 Å². The Morgan fingerprint density at radius 2 is 2.11 bits per heavy atom. The van der Waals surface area contributed by atoms with Gasteiger partial charge in [-0.25, -0.2) is 0 Å². The molecule has 1 saturated carbocycles. The minimum Gasteiger partial charge on any atom is -0.496 e. The molecule has 0 saturated heterocycles. The van der Waals surface area contributed by atoms with Crippen LogP contribution in [0.3, 0.4) is 0 Å². The van der Waals surface area contributed by atoms with Crippen molar-refractivity contribution in [2.45, 2.75) is 43.7 Å². The number of nitrogens with two attached hydrogens (primary N) is 1. The standard InChI is InChI=1S/C14H20BrNO2/c1-18-13-3-2-10(8-12(13)15)9-14(17)6-4-11(16)5-7-14/h2-3,8,11,17H,4-7,9,16H2,1H3. The first kappa shape index (κ1) is 13.8. The van der Waals surface area contributed by atoms with E-state index in [1.165, 1.54) is 0 Å². The zero-order valence-corrected chi connectivity index (χ0v) is 12.2. The number of ether oxygens (including phenoxy) is 1. The van der Waals surface area contributed by atoms with Gasteiger partial charge in [0.15, 0.2) is 0 Å². The molecule has 18 heavy (non-hydrogen) atoms. The number of halogens is 1. The Kier molecular flexibility index (Phi) is 4.30. The lowest BCUT2D eigenvalue weighted by Crippen LogP contribution is -2.40. The van der Waals surface area contributed by atoms with E-state index in [0.717, 1.165) is 41.5 Å². The molecule has 2 rings (SSSR count). The predicted molar refractivity (Wildman–Crippen MR) is 75.8 cm³/mol. The van der Waals surface area contributed by atoms with Crippen molar-refractivity contribution in [1.29, 1.82) is 0 Å². The molecule has 0 aromatic heterocycles. The monoisotopic (exact) mass is 313 g/mol. The van der Waals surface area contributed by atoms with Crippen LogP contribution in [0.25, 0.3) is 0 Å². The van der Waals surface area contributed by atoms with Crippen LogP contribution in [0.2, 0.25) is 0 Å². The van der Waals surface area contributed by atoms with Gasteiger partial charge >= 0.3 is 0 Å². The molecule has 1 aliphatic carbocycles. The lowest BCUT2D eigenvalue weighted by atomic mass is 9.79. The Balaban J connectivity index is 2.07. The maximum Gasteiger partial charge on any atom is 0.133 e. The van der Waals surface area contributed by atoms with Crippen LogP contribution in [-0.2, 0) is 6.42 Å². The zero-order chi connectivity index (χ0) is 13.2. The first-order chi connectivity index (χ1) is 8.52. The number of hydrogen-bond donors (Lipinski definition) is 2. The molecule has 0 radical (unpaired) electrons. The summed E-state index contributed by atoms with van der Waals surface area (Å²) in [5.41, 5.74) is 6.41. The molecule has 0 spiro atoms. The van der Waals surface area contributed by atoms with Crippen LogP contribution >= 0.6 is 15.9 Å². The fourth-order valence-electron chi connectivity index (χ4n) is 2.55. The van der Waals surface area contributed by atoms with E-state index in [2.05, 4.69) is 15.9 Å². The van der Waals surface area contributed by atoms with Crippen molar-refractivity contribution in [2.75, 3.05) is 7.11 Å². The molecular weight excluding hydrogens is 294 g/mol. The number of methoxy groups -OCH3 is 1. The summed E-state index contributed by atoms with van der Waals surface area (Å²) < 4.78 is 6.13. The van der Waals surface area contributed by atoms with Crippen LogP contribution < -0.4 is 10.5 Å². The van der Waals surface area contributed by atoms with Crippen molar-refractivity contribution in [1.82, 2.24) is 0 Å². The normalized spacial score (nSPS) is 28.1. The van der Waals surface area contributed by atoms with Gasteiger partial charge in [0, 0.05) is 12.5 Å². The predicted octanol–water partition coefficient (Wildman–Crippen LogP) is 2.63. The molecule has 1 aromatic carbocycles. The van der Waals surface area contributed by atoms with E-state index in [-0.39, 0.29) is 6.04 Å². The second-order valence-electron chi connectivity index (χ2n) is 5.21. The van der Waals surface area contributed by atoms with E-state index in [1.54, 1.807) is 7.11 Å². The molecule has 0 unspecified atom stereocenters. The van der Waals surface area contributed by atoms with E-state index in [0.29, 0.717) is 6.42 Å². The highest BCUT2D eigenvalue weighted by molar-refractivity contribution is 9.10. The molecule has 3 nitrogen and oxygen atoms in total. The molecule has 1 fully saturated rings. The minimum atomic E-state index is -0.593. The van der Waals surface area contributed by atoms with Gasteiger partial charge in [-0.3, -0.25) is 0 Å². The van der Waals surface area contributed by atoms with E-state index in [9.17, 15) is 5.11 Å². The van der Waals surface area contributed by atoms with E-state index in [1.807, 2.05) is 18.2 Å². The van der Waals surface area contributed by atoms with E-state index in [4.69, 9.17) is 10.5 Å². The summed E-state index contributed by atoms with van der Waals surface area (Å²) in [4.78, 5) is 0. The van der Waals surface area contributed by atoms with Crippen LogP contribution in [0.15, 0.2) is 22.7 Å². The molecule has 1 aromatic rings. The maximum atomic E-state index is 10.6. The second-order valence-corrected chi connectivity index (χ2v) is 6.06. The quantitative estimate of drug-likeness (QED) is 0.902. The molecule has 0 heterocycles. The van der Waals surface area contributed by atoms with Crippen LogP contribution in [0.4, 0.5) is 0 Å². The summed E-state index contributed by atoms with van der Waals surface area (Å²) in [7, 11) is 1.65. The van der Waals surface area contributed by atoms with Gasteiger partial charge in [0.05, 0.1) is 17.2 Å². The topological polar surface area (TPSA) is 55.5 Å². The van der Waals surface area contributed by atoms with E-state index < -0.39 is 5.60 Å². The van der Waals surface area contributed by atoms with Crippen LogP contribution in [0.5, 0.6) is 5.75 Å². The highest BCUT2D eigenvalue weighted by atomic mass is 79.9. The summed E-state index contributed by atoms with van der Waals surface area (Å²) in [5.74, 6) is 0.816. The van der Waals surface area contributed by atoms with Gasteiger partial charge in [0.1, 0.15) is 5.75 Å². The highest BCUT2D eigenvalue weighted by Gasteiger charge is 2.32. The number of hydrogen-bond acceptors (Lipinski definition) is 3. The van der Waals surface area contributed by atoms with Gasteiger partial charge in [-0.15, -0.1) is 0 Å². The van der Waals surface area contributed by atoms with Gasteiger partial charge < -0.3 is 15.6 Å². The molecule has 4 heteroatoms. The van der Waals surface area contributed by atoms with Crippen LogP contribution in [0, 0.1) is 0 Å². The third kappa shape index (κ3) is 3.25. The van der Waals surface area contributed by atoms with Gasteiger partial charge in [0.25, 0.3) is 0 Å². The summed E-state index contributed by atoms with van der Waals surface area (Å²) in [6.07, 6.45) is 4.08. The SMILES string of the molecule is COc1ccc(CC2(O)CCC(N)CC2)cc1Br. The highest BCUT2D eigenvalue weighted by Crippen LogP contribution is 2.33. The summed E-state index contributed by atoms with van der Waals surface area (Å²) in [6, 6.07) is 6.21. The zero-order valence-electron chi connectivity index (χ0n) is 10.7. The van der Waals surface area contributed by atoms with Gasteiger partial charge in [-0.2, -0.15) is 0 Å². The Morgan fingerprint density at radius 3 is 2.67 bits per heavy atom. The molecule has 1 aliphatic rings. The second kappa shape index (κ2) is 5.59. The average molecular weight is 314 g/mol. The summed E-state index contributed by atoms with van der Waals surface area (Å²) >= 11 is 3.47. The summed E-state index contributed by atoms with van der Waals surface area (Å²) in [5, 5.41) is 10.6. The first-order valence-electron chi connectivity index (χ1n) is 6.33. The maximum absolute atomic E-state index is 10.6. The smallest absolute Gasteiger partial charge is 0.133 e. The number of rotatable bonds is 3. The summed E-state index contributed by atoms with van der Waals surface area (Å²) in [6.45, 7) is 0. The van der Waals surface area contributed by atoms with Crippen molar-refractivity contribution >= 4 is 15.9 Å². The molecule has 0 atom stereocenters. The minimum absolute atomic E-state index is 0.257. The third-order valence-electron chi connectivity index (χ3n) is 3.71. The molecule has 100 valence electrons. The van der Waals surface area contributed by atoms with Crippen molar-refractivity contribution in [3.05, 3.63) is 28.2 Å². The average Bonchev–Trinajstić information content (AvgIpc) is 2.34. The Hall–Kier alpha value is -0.580. The largest absolute Gasteiger partial charge is 0.496 e.